The van der Waals surface area contributed by atoms with Crippen LogP contribution < -0.4 is 10.6 Å². The third-order valence-electron chi connectivity index (χ3n) is 8.16. The molecule has 2 atom stereocenters. The van der Waals surface area contributed by atoms with Gasteiger partial charge in [0.15, 0.2) is 0 Å². The second-order valence-electron chi connectivity index (χ2n) is 11.4. The molecule has 1 aliphatic heterocycles. The zero-order chi connectivity index (χ0) is 30.1. The quantitative estimate of drug-likeness (QED) is 0.207. The molecule has 0 bridgehead atoms. The minimum Gasteiger partial charge on any atom is -0.390 e. The van der Waals surface area contributed by atoms with Crippen LogP contribution in [0.15, 0.2) is 60.7 Å². The molecule has 0 fully saturated rings. The van der Waals surface area contributed by atoms with Crippen molar-refractivity contribution in [2.75, 3.05) is 13.2 Å². The molecule has 1 aliphatic rings. The Bertz CT molecular complexity index is 1320. The van der Waals surface area contributed by atoms with Gasteiger partial charge in [0.2, 0.25) is 0 Å². The molecular formula is C35H44F2N2O3. The van der Waals surface area contributed by atoms with Crippen molar-refractivity contribution in [2.45, 2.75) is 90.0 Å². The van der Waals surface area contributed by atoms with E-state index < -0.39 is 29.4 Å². The van der Waals surface area contributed by atoms with Crippen LogP contribution in [0.4, 0.5) is 8.78 Å². The van der Waals surface area contributed by atoms with Crippen LogP contribution in [0.5, 0.6) is 0 Å². The van der Waals surface area contributed by atoms with Crippen LogP contribution in [0.1, 0.15) is 84.6 Å². The van der Waals surface area contributed by atoms with Gasteiger partial charge in [0.25, 0.3) is 5.91 Å². The minimum atomic E-state index is -1.00. The fourth-order valence-electron chi connectivity index (χ4n) is 6.12. The number of aliphatic hydroxyl groups is 1. The first-order chi connectivity index (χ1) is 20.3. The summed E-state index contributed by atoms with van der Waals surface area (Å²) in [6, 6.07) is 16.5. The van der Waals surface area contributed by atoms with Crippen LogP contribution in [0, 0.1) is 11.6 Å². The Kier molecular flexibility index (Phi) is 11.2. The molecule has 0 aliphatic carbocycles. The van der Waals surface area contributed by atoms with E-state index in [0.29, 0.717) is 24.3 Å². The van der Waals surface area contributed by atoms with E-state index in [1.54, 1.807) is 0 Å². The largest absolute Gasteiger partial charge is 0.390 e. The van der Waals surface area contributed by atoms with Crippen molar-refractivity contribution < 1.29 is 23.4 Å². The van der Waals surface area contributed by atoms with Gasteiger partial charge in [-0.1, -0.05) is 63.9 Å². The molecule has 7 heteroatoms. The predicted molar refractivity (Wildman–Crippen MR) is 162 cm³/mol. The van der Waals surface area contributed by atoms with Crippen LogP contribution in [0.3, 0.4) is 0 Å². The lowest BCUT2D eigenvalue weighted by Gasteiger charge is -2.39. The monoisotopic (exact) mass is 578 g/mol. The molecule has 3 aromatic rings. The molecule has 0 unspecified atom stereocenters. The van der Waals surface area contributed by atoms with Crippen LogP contribution in [0.25, 0.3) is 0 Å². The maximum atomic E-state index is 14.0. The van der Waals surface area contributed by atoms with E-state index in [4.69, 9.17) is 4.74 Å². The standard InChI is InChI=1S/C35H44F2N2O3/c1-4-13-35(14-5-2)31-20-28(11-10-27(31)12-15-42-35)34(41)39-32(19-26-17-29(36)21-30(37)18-26)33(40)23-38-22-25-9-7-8-24(6-3)16-25/h7-11,16-18,20-21,32-33,38,40H,4-6,12-15,19,22-23H2,1-3H3,(H,39,41)/t32-,33-/m0/s1. The topological polar surface area (TPSA) is 70.6 Å². The van der Waals surface area contributed by atoms with E-state index in [9.17, 15) is 18.7 Å². The number of halogens is 2. The molecule has 0 spiro atoms. The lowest BCUT2D eigenvalue weighted by molar-refractivity contribution is -0.0736. The lowest BCUT2D eigenvalue weighted by Crippen LogP contribution is -2.48. The Morgan fingerprint density at radius 3 is 2.36 bits per heavy atom. The smallest absolute Gasteiger partial charge is 0.251 e. The molecule has 3 N–H and O–H groups in total. The average molecular weight is 579 g/mol. The van der Waals surface area contributed by atoms with Gasteiger partial charge in [-0.25, -0.2) is 8.78 Å². The minimum absolute atomic E-state index is 0.0677. The first kappa shape index (κ1) is 31.8. The van der Waals surface area contributed by atoms with Crippen LogP contribution in [0.2, 0.25) is 0 Å². The summed E-state index contributed by atoms with van der Waals surface area (Å²) >= 11 is 0. The fourth-order valence-corrected chi connectivity index (χ4v) is 6.12. The van der Waals surface area contributed by atoms with Crippen molar-refractivity contribution in [3.05, 3.63) is 106 Å². The number of carbonyl (C=O) groups excluding carboxylic acids is 1. The fraction of sp³-hybridized carbons (Fsp3) is 0.457. The molecule has 0 saturated heterocycles. The second kappa shape index (κ2) is 14.9. The third kappa shape index (κ3) is 8.03. The van der Waals surface area contributed by atoms with Crippen molar-refractivity contribution in [3.63, 3.8) is 0 Å². The van der Waals surface area contributed by atoms with Crippen LogP contribution in [-0.2, 0) is 36.1 Å². The third-order valence-corrected chi connectivity index (χ3v) is 8.16. The number of hydrogen-bond donors (Lipinski definition) is 3. The molecule has 1 heterocycles. The van der Waals surface area contributed by atoms with Crippen LogP contribution >= 0.6 is 0 Å². The number of benzene rings is 3. The number of nitrogens with one attached hydrogen (secondary N) is 2. The number of ether oxygens (including phenoxy) is 1. The summed E-state index contributed by atoms with van der Waals surface area (Å²) in [5.41, 5.74) is 5.00. The summed E-state index contributed by atoms with van der Waals surface area (Å²) in [6.45, 7) is 7.77. The predicted octanol–water partition coefficient (Wildman–Crippen LogP) is 6.39. The summed E-state index contributed by atoms with van der Waals surface area (Å²) in [5.74, 6) is -1.74. The normalized spacial score (nSPS) is 15.6. The molecule has 4 rings (SSSR count). The van der Waals surface area contributed by atoms with Crippen molar-refractivity contribution in [1.82, 2.24) is 10.6 Å². The van der Waals surface area contributed by atoms with E-state index >= 15 is 0 Å². The van der Waals surface area contributed by atoms with Gasteiger partial charge in [0.1, 0.15) is 11.6 Å². The second-order valence-corrected chi connectivity index (χ2v) is 11.4. The average Bonchev–Trinajstić information content (AvgIpc) is 2.96. The molecular weight excluding hydrogens is 534 g/mol. The molecule has 226 valence electrons. The van der Waals surface area contributed by atoms with Gasteiger partial charge in [-0.05, 0) is 84.2 Å². The Morgan fingerprint density at radius 1 is 0.952 bits per heavy atom. The van der Waals surface area contributed by atoms with E-state index in [0.717, 1.165) is 55.7 Å². The highest BCUT2D eigenvalue weighted by Gasteiger charge is 2.37. The van der Waals surface area contributed by atoms with E-state index in [2.05, 4.69) is 43.5 Å². The molecule has 3 aromatic carbocycles. The summed E-state index contributed by atoms with van der Waals surface area (Å²) in [5, 5.41) is 17.5. The molecule has 5 nitrogen and oxygen atoms in total. The van der Waals surface area contributed by atoms with Gasteiger partial charge < -0.3 is 20.5 Å². The van der Waals surface area contributed by atoms with Crippen LogP contribution in [-0.4, -0.2) is 36.3 Å². The first-order valence-corrected chi connectivity index (χ1v) is 15.3. The maximum Gasteiger partial charge on any atom is 0.251 e. The Hall–Kier alpha value is -3.13. The number of amides is 1. The number of carbonyl (C=O) groups is 1. The van der Waals surface area contributed by atoms with Gasteiger partial charge in [-0.2, -0.15) is 0 Å². The number of aryl methyl sites for hydroxylation is 1. The lowest BCUT2D eigenvalue weighted by atomic mass is 9.79. The van der Waals surface area contributed by atoms with Crippen molar-refractivity contribution in [3.8, 4) is 0 Å². The van der Waals surface area contributed by atoms with Gasteiger partial charge in [0.05, 0.1) is 24.4 Å². The van der Waals surface area contributed by atoms with Crippen molar-refractivity contribution in [2.24, 2.45) is 0 Å². The van der Waals surface area contributed by atoms with E-state index in [1.165, 1.54) is 23.3 Å². The molecule has 1 amide bonds. The Labute approximate surface area is 248 Å². The van der Waals surface area contributed by atoms with Gasteiger partial charge in [-0.15, -0.1) is 0 Å². The summed E-state index contributed by atoms with van der Waals surface area (Å²) in [7, 11) is 0. The Morgan fingerprint density at radius 2 is 1.67 bits per heavy atom. The SMILES string of the molecule is CCCC1(CCC)OCCc2ccc(C(=O)N[C@@H](Cc3cc(F)cc(F)c3)[C@@H](O)CNCc3cccc(CC)c3)cc21. The van der Waals surface area contributed by atoms with Gasteiger partial charge in [0, 0.05) is 24.7 Å². The highest BCUT2D eigenvalue weighted by Crippen LogP contribution is 2.41. The summed E-state index contributed by atoms with van der Waals surface area (Å²) in [6.07, 6.45) is 4.46. The number of hydrogen-bond acceptors (Lipinski definition) is 4. The van der Waals surface area contributed by atoms with E-state index in [1.807, 2.05) is 30.3 Å². The first-order valence-electron chi connectivity index (χ1n) is 15.3. The zero-order valence-corrected chi connectivity index (χ0v) is 25.0. The van der Waals surface area contributed by atoms with Crippen molar-refractivity contribution >= 4 is 5.91 Å². The summed E-state index contributed by atoms with van der Waals surface area (Å²) < 4.78 is 34.4. The van der Waals surface area contributed by atoms with Gasteiger partial charge >= 0.3 is 0 Å². The number of rotatable bonds is 14. The molecule has 0 radical (unpaired) electrons. The summed E-state index contributed by atoms with van der Waals surface area (Å²) in [4.78, 5) is 13.6. The number of aliphatic hydroxyl groups excluding tert-OH is 1. The van der Waals surface area contributed by atoms with Gasteiger partial charge in [-0.3, -0.25) is 4.79 Å². The Balaban J connectivity index is 1.54. The maximum absolute atomic E-state index is 14.0. The zero-order valence-electron chi connectivity index (χ0n) is 25.0. The van der Waals surface area contributed by atoms with Crippen molar-refractivity contribution in [1.29, 1.82) is 0 Å². The molecule has 0 aromatic heterocycles. The number of fused-ring (bicyclic) bond motifs is 1. The molecule has 0 saturated carbocycles. The highest BCUT2D eigenvalue weighted by molar-refractivity contribution is 5.94. The highest BCUT2D eigenvalue weighted by atomic mass is 19.1. The van der Waals surface area contributed by atoms with E-state index in [-0.39, 0.29) is 18.9 Å². The molecule has 42 heavy (non-hydrogen) atoms.